The molecule has 1 aliphatic heterocycles. The van der Waals surface area contributed by atoms with Gasteiger partial charge in [0.15, 0.2) is 0 Å². The van der Waals surface area contributed by atoms with E-state index in [0.717, 1.165) is 21.8 Å². The molecule has 3 aromatic rings. The van der Waals surface area contributed by atoms with Gasteiger partial charge in [-0.3, -0.25) is 14.5 Å². The van der Waals surface area contributed by atoms with Crippen LogP contribution in [0.25, 0.3) is 5.69 Å². The Hall–Kier alpha value is -2.29. The van der Waals surface area contributed by atoms with E-state index in [1.807, 2.05) is 44.2 Å². The maximum atomic E-state index is 13.5. The van der Waals surface area contributed by atoms with Gasteiger partial charge in [0, 0.05) is 27.4 Å². The number of carbonyl (C=O) groups excluding carboxylic acids is 2. The van der Waals surface area contributed by atoms with Crippen LogP contribution in [0.5, 0.6) is 0 Å². The van der Waals surface area contributed by atoms with E-state index in [0.29, 0.717) is 23.3 Å². The summed E-state index contributed by atoms with van der Waals surface area (Å²) >= 11 is 9.61. The molecule has 3 heterocycles. The van der Waals surface area contributed by atoms with E-state index in [1.54, 1.807) is 32.7 Å². The Kier molecular flexibility index (Phi) is 7.64. The summed E-state index contributed by atoms with van der Waals surface area (Å²) in [6.45, 7) is 11.0. The van der Waals surface area contributed by atoms with Gasteiger partial charge in [-0.05, 0) is 35.6 Å². The standard InChI is InChI=1S/C26H31ClN4O2S2/c1-16(2)13-28-20(32)14-30-21(33)15-35-23(19-10-7-11-34-19)22-24(26(3,4)5)29-31(25(22)30)18-9-6-8-17(27)12-18/h6-12,16,23H,13-15H2,1-5H3,(H,28,32)/t23-/m1/s1. The molecule has 0 saturated heterocycles. The first-order valence-corrected chi connectivity index (χ1v) is 14.0. The second-order valence-corrected chi connectivity index (χ2v) is 12.6. The van der Waals surface area contributed by atoms with Gasteiger partial charge in [-0.15, -0.1) is 23.1 Å². The van der Waals surface area contributed by atoms with Crippen molar-refractivity contribution in [1.82, 2.24) is 15.1 Å². The number of thiophene rings is 1. The van der Waals surface area contributed by atoms with E-state index in [1.165, 1.54) is 0 Å². The minimum atomic E-state index is -0.289. The van der Waals surface area contributed by atoms with Crippen LogP contribution in [0.2, 0.25) is 5.02 Å². The molecule has 4 rings (SSSR count). The summed E-state index contributed by atoms with van der Waals surface area (Å²) in [5.74, 6) is 0.934. The Labute approximate surface area is 220 Å². The van der Waals surface area contributed by atoms with Crippen LogP contribution in [0.3, 0.4) is 0 Å². The van der Waals surface area contributed by atoms with Crippen molar-refractivity contribution in [2.75, 3.05) is 23.7 Å². The largest absolute Gasteiger partial charge is 0.354 e. The number of amides is 2. The molecular weight excluding hydrogens is 500 g/mol. The Morgan fingerprint density at radius 1 is 1.26 bits per heavy atom. The molecule has 2 amide bonds. The molecule has 35 heavy (non-hydrogen) atoms. The number of halogens is 1. The van der Waals surface area contributed by atoms with Crippen molar-refractivity contribution >= 4 is 52.3 Å². The lowest BCUT2D eigenvalue weighted by Crippen LogP contribution is -2.43. The molecule has 0 aliphatic carbocycles. The van der Waals surface area contributed by atoms with Crippen molar-refractivity contribution in [2.45, 2.75) is 45.3 Å². The number of anilines is 1. The van der Waals surface area contributed by atoms with Crippen molar-refractivity contribution in [1.29, 1.82) is 0 Å². The molecule has 1 aliphatic rings. The second-order valence-electron chi connectivity index (χ2n) is 10.1. The van der Waals surface area contributed by atoms with Gasteiger partial charge in [0.05, 0.1) is 22.4 Å². The van der Waals surface area contributed by atoms with Gasteiger partial charge in [0.25, 0.3) is 0 Å². The summed E-state index contributed by atoms with van der Waals surface area (Å²) in [5, 5.41) is 10.6. The summed E-state index contributed by atoms with van der Waals surface area (Å²) in [6, 6.07) is 11.6. The lowest BCUT2D eigenvalue weighted by molar-refractivity contribution is -0.123. The van der Waals surface area contributed by atoms with E-state index in [9.17, 15) is 9.59 Å². The SMILES string of the molecule is CC(C)CNC(=O)CN1C(=O)CS[C@H](c2cccs2)c2c(C(C)(C)C)nn(-c3cccc(Cl)c3)c21. The molecule has 0 fully saturated rings. The molecule has 6 nitrogen and oxygen atoms in total. The fourth-order valence-electron chi connectivity index (χ4n) is 4.04. The first kappa shape index (κ1) is 25.8. The van der Waals surface area contributed by atoms with Gasteiger partial charge < -0.3 is 5.32 Å². The minimum absolute atomic E-state index is 0.0634. The van der Waals surface area contributed by atoms with E-state index in [2.05, 4.69) is 37.5 Å². The van der Waals surface area contributed by atoms with Gasteiger partial charge in [-0.1, -0.05) is 58.4 Å². The summed E-state index contributed by atoms with van der Waals surface area (Å²) in [7, 11) is 0. The molecule has 0 spiro atoms. The zero-order chi connectivity index (χ0) is 25.3. The average molecular weight is 531 g/mol. The molecule has 2 aromatic heterocycles. The monoisotopic (exact) mass is 530 g/mol. The maximum Gasteiger partial charge on any atom is 0.240 e. The average Bonchev–Trinajstić information content (AvgIpc) is 3.42. The van der Waals surface area contributed by atoms with E-state index >= 15 is 0 Å². The number of hydrogen-bond acceptors (Lipinski definition) is 5. The number of fused-ring (bicyclic) bond motifs is 1. The number of rotatable bonds is 6. The molecular formula is C26H31ClN4O2S2. The van der Waals surface area contributed by atoms with Crippen molar-refractivity contribution in [2.24, 2.45) is 5.92 Å². The first-order valence-electron chi connectivity index (χ1n) is 11.7. The van der Waals surface area contributed by atoms with Crippen molar-refractivity contribution < 1.29 is 9.59 Å². The summed E-state index contributed by atoms with van der Waals surface area (Å²) < 4.78 is 1.79. The topological polar surface area (TPSA) is 67.2 Å². The van der Waals surface area contributed by atoms with Gasteiger partial charge in [-0.2, -0.15) is 5.10 Å². The lowest BCUT2D eigenvalue weighted by Gasteiger charge is -2.24. The zero-order valence-electron chi connectivity index (χ0n) is 20.7. The van der Waals surface area contributed by atoms with Gasteiger partial charge >= 0.3 is 0 Å². The van der Waals surface area contributed by atoms with Crippen LogP contribution in [0, 0.1) is 5.92 Å². The van der Waals surface area contributed by atoms with Crippen LogP contribution < -0.4 is 10.2 Å². The van der Waals surface area contributed by atoms with Crippen LogP contribution in [-0.2, 0) is 15.0 Å². The highest BCUT2D eigenvalue weighted by atomic mass is 35.5. The highest BCUT2D eigenvalue weighted by molar-refractivity contribution is 8.00. The number of nitrogens with zero attached hydrogens (tertiary/aromatic N) is 3. The third-order valence-corrected chi connectivity index (χ3v) is 8.22. The van der Waals surface area contributed by atoms with E-state index in [-0.39, 0.29) is 34.8 Å². The fraction of sp³-hybridized carbons (Fsp3) is 0.423. The molecule has 0 saturated carbocycles. The maximum absolute atomic E-state index is 13.5. The molecule has 1 aromatic carbocycles. The van der Waals surface area contributed by atoms with Crippen molar-refractivity contribution in [3.05, 3.63) is 62.9 Å². The highest BCUT2D eigenvalue weighted by Gasteiger charge is 2.40. The number of carbonyl (C=O) groups is 2. The minimum Gasteiger partial charge on any atom is -0.354 e. The van der Waals surface area contributed by atoms with Crippen molar-refractivity contribution in [3.63, 3.8) is 0 Å². The van der Waals surface area contributed by atoms with Crippen LogP contribution in [0.4, 0.5) is 5.82 Å². The third kappa shape index (κ3) is 5.60. The fourth-order valence-corrected chi connectivity index (χ4v) is 6.40. The Balaban J connectivity index is 1.95. The second kappa shape index (κ2) is 10.4. The summed E-state index contributed by atoms with van der Waals surface area (Å²) in [6.07, 6.45) is 0. The van der Waals surface area contributed by atoms with E-state index in [4.69, 9.17) is 16.7 Å². The predicted octanol–water partition coefficient (Wildman–Crippen LogP) is 5.83. The van der Waals surface area contributed by atoms with Crippen molar-refractivity contribution in [3.8, 4) is 5.69 Å². The Morgan fingerprint density at radius 3 is 2.66 bits per heavy atom. The Bertz CT molecular complexity index is 1210. The Morgan fingerprint density at radius 2 is 2.03 bits per heavy atom. The smallest absolute Gasteiger partial charge is 0.240 e. The quantitative estimate of drug-likeness (QED) is 0.435. The lowest BCUT2D eigenvalue weighted by atomic mass is 9.88. The third-order valence-electron chi connectivity index (χ3n) is 5.66. The van der Waals surface area contributed by atoms with E-state index < -0.39 is 0 Å². The van der Waals surface area contributed by atoms with Gasteiger partial charge in [0.2, 0.25) is 11.8 Å². The summed E-state index contributed by atoms with van der Waals surface area (Å²) in [4.78, 5) is 29.2. The molecule has 9 heteroatoms. The predicted molar refractivity (Wildman–Crippen MR) is 146 cm³/mol. The molecule has 1 atom stereocenters. The van der Waals surface area contributed by atoms with Gasteiger partial charge in [0.1, 0.15) is 12.4 Å². The normalized spacial score (nSPS) is 16.4. The number of nitrogens with one attached hydrogen (secondary N) is 1. The highest BCUT2D eigenvalue weighted by Crippen LogP contribution is 2.49. The van der Waals surface area contributed by atoms with Crippen LogP contribution in [-0.4, -0.2) is 40.4 Å². The summed E-state index contributed by atoms with van der Waals surface area (Å²) in [5.41, 5.74) is 2.35. The number of benzene rings is 1. The number of aromatic nitrogens is 2. The molecule has 0 unspecified atom stereocenters. The first-order chi connectivity index (χ1) is 16.6. The zero-order valence-corrected chi connectivity index (χ0v) is 23.1. The molecule has 1 N–H and O–H groups in total. The molecule has 186 valence electrons. The van der Waals surface area contributed by atoms with Gasteiger partial charge in [-0.25, -0.2) is 4.68 Å². The van der Waals surface area contributed by atoms with Crippen LogP contribution >= 0.6 is 34.7 Å². The van der Waals surface area contributed by atoms with Crippen LogP contribution in [0.15, 0.2) is 41.8 Å². The number of thioether (sulfide) groups is 1. The number of hydrogen-bond donors (Lipinski definition) is 1. The molecule has 0 radical (unpaired) electrons. The molecule has 0 bridgehead atoms. The van der Waals surface area contributed by atoms with Crippen LogP contribution in [0.1, 0.15) is 56.0 Å².